The molecule has 2 heterocycles. The molecule has 1 aromatic carbocycles. The van der Waals surface area contributed by atoms with Gasteiger partial charge in [-0.1, -0.05) is 30.3 Å². The summed E-state index contributed by atoms with van der Waals surface area (Å²) in [5.74, 6) is -0.360. The van der Waals surface area contributed by atoms with Crippen LogP contribution in [0.15, 0.2) is 42.7 Å². The van der Waals surface area contributed by atoms with E-state index >= 15 is 0 Å². The van der Waals surface area contributed by atoms with Crippen molar-refractivity contribution in [3.8, 4) is 0 Å². The third-order valence-corrected chi connectivity index (χ3v) is 3.50. The van der Waals surface area contributed by atoms with Crippen LogP contribution >= 0.6 is 0 Å². The van der Waals surface area contributed by atoms with Gasteiger partial charge in [0.05, 0.1) is 11.8 Å². The maximum atomic E-state index is 12.0. The minimum Gasteiger partial charge on any atom is -0.457 e. The second-order valence-corrected chi connectivity index (χ2v) is 5.09. The van der Waals surface area contributed by atoms with Crippen molar-refractivity contribution in [3.63, 3.8) is 0 Å². The molecular formula is C16H18N2O3. The lowest BCUT2D eigenvalue weighted by Gasteiger charge is -2.22. The van der Waals surface area contributed by atoms with Crippen molar-refractivity contribution in [3.05, 3.63) is 53.9 Å². The molecule has 1 aromatic heterocycles. The summed E-state index contributed by atoms with van der Waals surface area (Å²) in [6.07, 6.45) is 6.31. The zero-order valence-electron chi connectivity index (χ0n) is 11.8. The molecule has 0 bridgehead atoms. The standard InChI is InChI=1S/C16H18N2O3/c19-16(21-12-13-6-2-1-3-7-13)14-10-17-18(11-14)15-8-4-5-9-20-15/h1-3,6-7,10-11,15H,4-5,8-9,12H2. The molecule has 0 saturated carbocycles. The number of benzene rings is 1. The van der Waals surface area contributed by atoms with E-state index < -0.39 is 0 Å². The molecule has 3 rings (SSSR count). The summed E-state index contributed by atoms with van der Waals surface area (Å²) < 4.78 is 12.6. The Labute approximate surface area is 123 Å². The second kappa shape index (κ2) is 6.54. The van der Waals surface area contributed by atoms with Gasteiger partial charge >= 0.3 is 5.97 Å². The van der Waals surface area contributed by atoms with Gasteiger partial charge in [-0.2, -0.15) is 5.10 Å². The Kier molecular flexibility index (Phi) is 4.31. The van der Waals surface area contributed by atoms with E-state index in [1.54, 1.807) is 10.9 Å². The van der Waals surface area contributed by atoms with Crippen molar-refractivity contribution in [2.75, 3.05) is 6.61 Å². The Bertz CT molecular complexity index is 589. The Morgan fingerprint density at radius 1 is 1.33 bits per heavy atom. The molecule has 0 aliphatic carbocycles. The van der Waals surface area contributed by atoms with Crippen LogP contribution in [0.4, 0.5) is 0 Å². The lowest BCUT2D eigenvalue weighted by atomic mass is 10.2. The average Bonchev–Trinajstić information content (AvgIpc) is 3.04. The van der Waals surface area contributed by atoms with E-state index in [1.165, 1.54) is 6.20 Å². The van der Waals surface area contributed by atoms with Crippen LogP contribution in [0.1, 0.15) is 41.4 Å². The van der Waals surface area contributed by atoms with Crippen molar-refractivity contribution >= 4 is 5.97 Å². The molecule has 1 fully saturated rings. The summed E-state index contributed by atoms with van der Waals surface area (Å²) in [6.45, 7) is 1.02. The molecule has 110 valence electrons. The summed E-state index contributed by atoms with van der Waals surface area (Å²) in [7, 11) is 0. The van der Waals surface area contributed by atoms with Crippen molar-refractivity contribution in [1.29, 1.82) is 0 Å². The number of ether oxygens (including phenoxy) is 2. The predicted octanol–water partition coefficient (Wildman–Crippen LogP) is 2.94. The first-order chi connectivity index (χ1) is 10.3. The number of nitrogens with zero attached hydrogens (tertiary/aromatic N) is 2. The molecule has 1 unspecified atom stereocenters. The van der Waals surface area contributed by atoms with Gasteiger partial charge in [-0.05, 0) is 24.8 Å². The number of hydrogen-bond acceptors (Lipinski definition) is 4. The monoisotopic (exact) mass is 286 g/mol. The molecule has 0 spiro atoms. The van der Waals surface area contributed by atoms with Gasteiger partial charge in [0, 0.05) is 12.8 Å². The number of rotatable bonds is 4. The van der Waals surface area contributed by atoms with E-state index in [0.29, 0.717) is 5.56 Å². The Morgan fingerprint density at radius 3 is 2.95 bits per heavy atom. The van der Waals surface area contributed by atoms with E-state index in [-0.39, 0.29) is 18.8 Å². The van der Waals surface area contributed by atoms with Crippen molar-refractivity contribution < 1.29 is 14.3 Å². The van der Waals surface area contributed by atoms with E-state index in [9.17, 15) is 4.79 Å². The fraction of sp³-hybridized carbons (Fsp3) is 0.375. The van der Waals surface area contributed by atoms with Crippen LogP contribution in [-0.4, -0.2) is 22.4 Å². The van der Waals surface area contributed by atoms with E-state index in [2.05, 4.69) is 5.10 Å². The van der Waals surface area contributed by atoms with Crippen LogP contribution in [0.2, 0.25) is 0 Å². The average molecular weight is 286 g/mol. The molecule has 0 amide bonds. The quantitative estimate of drug-likeness (QED) is 0.811. The zero-order chi connectivity index (χ0) is 14.5. The van der Waals surface area contributed by atoms with Crippen LogP contribution < -0.4 is 0 Å². The summed E-state index contributed by atoms with van der Waals surface area (Å²) in [6, 6.07) is 9.61. The molecule has 21 heavy (non-hydrogen) atoms. The highest BCUT2D eigenvalue weighted by atomic mass is 16.5. The highest BCUT2D eigenvalue weighted by Crippen LogP contribution is 2.22. The molecule has 5 nitrogen and oxygen atoms in total. The highest BCUT2D eigenvalue weighted by Gasteiger charge is 2.18. The van der Waals surface area contributed by atoms with Crippen molar-refractivity contribution in [2.45, 2.75) is 32.1 Å². The zero-order valence-corrected chi connectivity index (χ0v) is 11.8. The fourth-order valence-electron chi connectivity index (χ4n) is 2.34. The van der Waals surface area contributed by atoms with Crippen molar-refractivity contribution in [1.82, 2.24) is 9.78 Å². The van der Waals surface area contributed by atoms with Crippen LogP contribution in [0.25, 0.3) is 0 Å². The van der Waals surface area contributed by atoms with Crippen molar-refractivity contribution in [2.24, 2.45) is 0 Å². The minimum atomic E-state index is -0.360. The molecule has 1 saturated heterocycles. The summed E-state index contributed by atoms with van der Waals surface area (Å²) >= 11 is 0. The Hall–Kier alpha value is -2.14. The van der Waals surface area contributed by atoms with Crippen LogP contribution in [-0.2, 0) is 16.1 Å². The first-order valence-corrected chi connectivity index (χ1v) is 7.20. The summed E-state index contributed by atoms with van der Waals surface area (Å²) in [5.41, 5.74) is 1.42. The molecule has 0 radical (unpaired) electrons. The third kappa shape index (κ3) is 3.49. The number of aromatic nitrogens is 2. The SMILES string of the molecule is O=C(OCc1ccccc1)c1cnn(C2CCCCO2)c1. The number of carbonyl (C=O) groups excluding carboxylic acids is 1. The maximum Gasteiger partial charge on any atom is 0.341 e. The largest absolute Gasteiger partial charge is 0.457 e. The van der Waals surface area contributed by atoms with E-state index in [0.717, 1.165) is 31.4 Å². The van der Waals surface area contributed by atoms with Gasteiger partial charge < -0.3 is 9.47 Å². The molecule has 1 aliphatic rings. The highest BCUT2D eigenvalue weighted by molar-refractivity contribution is 5.88. The molecular weight excluding hydrogens is 268 g/mol. The minimum absolute atomic E-state index is 0.0607. The number of hydrogen-bond donors (Lipinski definition) is 0. The van der Waals surface area contributed by atoms with Gasteiger partial charge in [-0.25, -0.2) is 9.48 Å². The second-order valence-electron chi connectivity index (χ2n) is 5.09. The van der Waals surface area contributed by atoms with Crippen LogP contribution in [0.5, 0.6) is 0 Å². The van der Waals surface area contributed by atoms with E-state index in [1.807, 2.05) is 30.3 Å². The molecule has 2 aromatic rings. The first kappa shape index (κ1) is 13.8. The third-order valence-electron chi connectivity index (χ3n) is 3.50. The van der Waals surface area contributed by atoms with Crippen LogP contribution in [0, 0.1) is 0 Å². The normalized spacial score (nSPS) is 18.4. The lowest BCUT2D eigenvalue weighted by Crippen LogP contribution is -2.18. The Morgan fingerprint density at radius 2 is 2.19 bits per heavy atom. The van der Waals surface area contributed by atoms with Gasteiger partial charge in [0.1, 0.15) is 12.8 Å². The predicted molar refractivity (Wildman–Crippen MR) is 76.6 cm³/mol. The van der Waals surface area contributed by atoms with E-state index in [4.69, 9.17) is 9.47 Å². The van der Waals surface area contributed by atoms with Gasteiger partial charge in [0.15, 0.2) is 0 Å². The van der Waals surface area contributed by atoms with Gasteiger partial charge in [0.2, 0.25) is 0 Å². The number of carbonyl (C=O) groups is 1. The van der Waals surface area contributed by atoms with Gasteiger partial charge in [-0.3, -0.25) is 0 Å². The summed E-state index contributed by atoms with van der Waals surface area (Å²) in [5, 5.41) is 4.21. The topological polar surface area (TPSA) is 53.3 Å². The summed E-state index contributed by atoms with van der Waals surface area (Å²) in [4.78, 5) is 12.0. The van der Waals surface area contributed by atoms with Gasteiger partial charge in [-0.15, -0.1) is 0 Å². The van der Waals surface area contributed by atoms with Crippen LogP contribution in [0.3, 0.4) is 0 Å². The number of esters is 1. The molecule has 1 aliphatic heterocycles. The molecule has 0 N–H and O–H groups in total. The maximum absolute atomic E-state index is 12.0. The van der Waals surface area contributed by atoms with Gasteiger partial charge in [0.25, 0.3) is 0 Å². The lowest BCUT2D eigenvalue weighted by molar-refractivity contribution is -0.0395. The molecule has 5 heteroatoms. The smallest absolute Gasteiger partial charge is 0.341 e. The first-order valence-electron chi connectivity index (χ1n) is 7.20. The molecule has 1 atom stereocenters. The Balaban J connectivity index is 1.59. The fourth-order valence-corrected chi connectivity index (χ4v) is 2.34.